The van der Waals surface area contributed by atoms with Crippen LogP contribution in [-0.2, 0) is 6.42 Å². The van der Waals surface area contributed by atoms with Crippen molar-refractivity contribution in [3.8, 4) is 5.75 Å². The number of para-hydroxylation sites is 1. The summed E-state index contributed by atoms with van der Waals surface area (Å²) < 4.78 is 5.54. The van der Waals surface area contributed by atoms with Crippen molar-refractivity contribution in [2.45, 2.75) is 19.4 Å². The van der Waals surface area contributed by atoms with Crippen LogP contribution in [0.4, 0.5) is 0 Å². The molecule has 1 aliphatic rings. The van der Waals surface area contributed by atoms with Crippen molar-refractivity contribution >= 4 is 0 Å². The van der Waals surface area contributed by atoms with Gasteiger partial charge in [0, 0.05) is 5.92 Å². The van der Waals surface area contributed by atoms with Crippen molar-refractivity contribution in [3.63, 3.8) is 0 Å². The van der Waals surface area contributed by atoms with Gasteiger partial charge in [-0.15, -0.1) is 0 Å². The molecule has 0 saturated heterocycles. The van der Waals surface area contributed by atoms with E-state index in [1.165, 1.54) is 5.56 Å². The topological polar surface area (TPSA) is 29.5 Å². The van der Waals surface area contributed by atoms with Gasteiger partial charge in [-0.1, -0.05) is 18.2 Å². The van der Waals surface area contributed by atoms with Crippen LogP contribution in [0.5, 0.6) is 5.75 Å². The first-order valence-electron chi connectivity index (χ1n) is 4.66. The molecule has 2 heteroatoms. The molecular formula is C11H14O2. The standard InChI is InChI=1S/C11H14O2/c1-8(12)10-6-9-4-2-3-5-11(9)13-7-10/h2-5,8,10,12H,6-7H2,1H3/t8-,10+/m0/s1. The van der Waals surface area contributed by atoms with Gasteiger partial charge >= 0.3 is 0 Å². The van der Waals surface area contributed by atoms with Gasteiger partial charge in [0.05, 0.1) is 12.7 Å². The van der Waals surface area contributed by atoms with E-state index >= 15 is 0 Å². The number of rotatable bonds is 1. The molecule has 0 aromatic heterocycles. The van der Waals surface area contributed by atoms with Gasteiger partial charge in [0.2, 0.25) is 0 Å². The molecule has 70 valence electrons. The Morgan fingerprint density at radius 2 is 2.23 bits per heavy atom. The highest BCUT2D eigenvalue weighted by Crippen LogP contribution is 2.27. The maximum Gasteiger partial charge on any atom is 0.122 e. The summed E-state index contributed by atoms with van der Waals surface area (Å²) in [6.07, 6.45) is 0.641. The Hall–Kier alpha value is -1.02. The number of ether oxygens (including phenoxy) is 1. The normalized spacial score (nSPS) is 23.1. The Labute approximate surface area is 78.2 Å². The third kappa shape index (κ3) is 1.68. The lowest BCUT2D eigenvalue weighted by Crippen LogP contribution is -2.29. The third-order valence-corrected chi connectivity index (χ3v) is 2.59. The first-order valence-corrected chi connectivity index (χ1v) is 4.66. The summed E-state index contributed by atoms with van der Waals surface area (Å²) in [7, 11) is 0. The fourth-order valence-corrected chi connectivity index (χ4v) is 1.66. The minimum absolute atomic E-state index is 0.245. The minimum Gasteiger partial charge on any atom is -0.493 e. The van der Waals surface area contributed by atoms with E-state index < -0.39 is 0 Å². The maximum atomic E-state index is 9.42. The van der Waals surface area contributed by atoms with Gasteiger partial charge in [0.25, 0.3) is 0 Å². The smallest absolute Gasteiger partial charge is 0.122 e. The highest BCUT2D eigenvalue weighted by atomic mass is 16.5. The van der Waals surface area contributed by atoms with Crippen molar-refractivity contribution in [1.29, 1.82) is 0 Å². The van der Waals surface area contributed by atoms with E-state index in [4.69, 9.17) is 4.74 Å². The van der Waals surface area contributed by atoms with Crippen LogP contribution in [0.3, 0.4) is 0 Å². The summed E-state index contributed by atoms with van der Waals surface area (Å²) in [4.78, 5) is 0. The van der Waals surface area contributed by atoms with E-state index in [0.29, 0.717) is 6.61 Å². The van der Waals surface area contributed by atoms with Gasteiger partial charge in [0.1, 0.15) is 5.75 Å². The lowest BCUT2D eigenvalue weighted by molar-refractivity contribution is 0.0784. The maximum absolute atomic E-state index is 9.42. The highest BCUT2D eigenvalue weighted by Gasteiger charge is 2.22. The monoisotopic (exact) mass is 178 g/mol. The summed E-state index contributed by atoms with van der Waals surface area (Å²) in [5.74, 6) is 1.22. The number of aliphatic hydroxyl groups excluding tert-OH is 1. The average Bonchev–Trinajstić information content (AvgIpc) is 2.17. The molecule has 2 nitrogen and oxygen atoms in total. The van der Waals surface area contributed by atoms with E-state index in [2.05, 4.69) is 6.07 Å². The van der Waals surface area contributed by atoms with Gasteiger partial charge < -0.3 is 9.84 Å². The Balaban J connectivity index is 2.20. The molecule has 2 atom stereocenters. The molecule has 0 radical (unpaired) electrons. The van der Waals surface area contributed by atoms with Crippen LogP contribution in [0, 0.1) is 5.92 Å². The quantitative estimate of drug-likeness (QED) is 0.708. The molecule has 0 amide bonds. The van der Waals surface area contributed by atoms with Crippen molar-refractivity contribution in [2.24, 2.45) is 5.92 Å². The van der Waals surface area contributed by atoms with Gasteiger partial charge in [-0.05, 0) is 25.0 Å². The summed E-state index contributed by atoms with van der Waals surface area (Å²) >= 11 is 0. The minimum atomic E-state index is -0.284. The molecule has 1 heterocycles. The second kappa shape index (κ2) is 3.38. The van der Waals surface area contributed by atoms with Crippen LogP contribution in [0.25, 0.3) is 0 Å². The lowest BCUT2D eigenvalue weighted by atomic mass is 9.93. The van der Waals surface area contributed by atoms with E-state index in [1.807, 2.05) is 25.1 Å². The fraction of sp³-hybridized carbons (Fsp3) is 0.455. The molecule has 0 spiro atoms. The summed E-state index contributed by atoms with van der Waals surface area (Å²) in [6.45, 7) is 2.46. The van der Waals surface area contributed by atoms with E-state index in [-0.39, 0.29) is 12.0 Å². The van der Waals surface area contributed by atoms with Gasteiger partial charge in [-0.2, -0.15) is 0 Å². The van der Waals surface area contributed by atoms with Crippen LogP contribution < -0.4 is 4.74 Å². The highest BCUT2D eigenvalue weighted by molar-refractivity contribution is 5.35. The SMILES string of the molecule is C[C@H](O)[C@H]1COc2ccccc2C1. The molecule has 1 aromatic rings. The number of hydrogen-bond acceptors (Lipinski definition) is 2. The van der Waals surface area contributed by atoms with Gasteiger partial charge in [-0.25, -0.2) is 0 Å². The number of benzene rings is 1. The van der Waals surface area contributed by atoms with Crippen LogP contribution >= 0.6 is 0 Å². The van der Waals surface area contributed by atoms with E-state index in [1.54, 1.807) is 0 Å². The number of hydrogen-bond donors (Lipinski definition) is 1. The Kier molecular flexibility index (Phi) is 2.23. The number of aliphatic hydroxyl groups is 1. The van der Waals surface area contributed by atoms with Crippen molar-refractivity contribution in [3.05, 3.63) is 29.8 Å². The molecule has 1 aliphatic heterocycles. The molecule has 0 fully saturated rings. The third-order valence-electron chi connectivity index (χ3n) is 2.59. The van der Waals surface area contributed by atoms with Crippen molar-refractivity contribution < 1.29 is 9.84 Å². The number of fused-ring (bicyclic) bond motifs is 1. The zero-order valence-corrected chi connectivity index (χ0v) is 7.73. The van der Waals surface area contributed by atoms with Crippen molar-refractivity contribution in [1.82, 2.24) is 0 Å². The molecule has 1 aromatic carbocycles. The van der Waals surface area contributed by atoms with Crippen LogP contribution in [-0.4, -0.2) is 17.8 Å². The van der Waals surface area contributed by atoms with E-state index in [9.17, 15) is 5.11 Å². The molecule has 13 heavy (non-hydrogen) atoms. The molecular weight excluding hydrogens is 164 g/mol. The first kappa shape index (κ1) is 8.57. The Morgan fingerprint density at radius 3 is 3.00 bits per heavy atom. The van der Waals surface area contributed by atoms with Gasteiger partial charge in [-0.3, -0.25) is 0 Å². The Bertz CT molecular complexity index is 294. The largest absolute Gasteiger partial charge is 0.493 e. The zero-order chi connectivity index (χ0) is 9.26. The fourth-order valence-electron chi connectivity index (χ4n) is 1.66. The van der Waals surface area contributed by atoms with Crippen LogP contribution in [0.1, 0.15) is 12.5 Å². The molecule has 0 saturated carbocycles. The molecule has 1 N–H and O–H groups in total. The second-order valence-corrected chi connectivity index (χ2v) is 3.62. The zero-order valence-electron chi connectivity index (χ0n) is 7.73. The summed E-state index contributed by atoms with van der Waals surface area (Å²) in [5.41, 5.74) is 1.21. The Morgan fingerprint density at radius 1 is 1.46 bits per heavy atom. The molecule has 0 aliphatic carbocycles. The van der Waals surface area contributed by atoms with Gasteiger partial charge in [0.15, 0.2) is 0 Å². The average molecular weight is 178 g/mol. The van der Waals surface area contributed by atoms with Crippen LogP contribution in [0.2, 0.25) is 0 Å². The first-order chi connectivity index (χ1) is 6.27. The lowest BCUT2D eigenvalue weighted by Gasteiger charge is -2.26. The van der Waals surface area contributed by atoms with E-state index in [0.717, 1.165) is 12.2 Å². The predicted octanol–water partition coefficient (Wildman–Crippen LogP) is 1.62. The van der Waals surface area contributed by atoms with Crippen LogP contribution in [0.15, 0.2) is 24.3 Å². The molecule has 0 bridgehead atoms. The second-order valence-electron chi connectivity index (χ2n) is 3.62. The predicted molar refractivity (Wildman–Crippen MR) is 50.8 cm³/mol. The molecule has 2 rings (SSSR count). The summed E-state index contributed by atoms with van der Waals surface area (Å²) in [6, 6.07) is 8.02. The van der Waals surface area contributed by atoms with Crippen molar-refractivity contribution in [2.75, 3.05) is 6.61 Å². The summed E-state index contributed by atoms with van der Waals surface area (Å²) in [5, 5.41) is 9.42. The molecule has 0 unspecified atom stereocenters.